The normalized spacial score (nSPS) is 17.9. The van der Waals surface area contributed by atoms with Crippen LogP contribution in [0.2, 0.25) is 0 Å². The molecular formula is C31H34O. The first-order chi connectivity index (χ1) is 15.7. The summed E-state index contributed by atoms with van der Waals surface area (Å²) in [5.74, 6) is 9.25. The summed E-state index contributed by atoms with van der Waals surface area (Å²) in [6, 6.07) is 25.7. The summed E-state index contributed by atoms with van der Waals surface area (Å²) >= 11 is 0. The highest BCUT2D eigenvalue weighted by Gasteiger charge is 2.20. The first-order valence-corrected chi connectivity index (χ1v) is 12.2. The molecule has 0 radical (unpaired) electrons. The van der Waals surface area contributed by atoms with Crippen LogP contribution >= 0.6 is 0 Å². The van der Waals surface area contributed by atoms with E-state index in [1.165, 1.54) is 48.8 Å². The van der Waals surface area contributed by atoms with Gasteiger partial charge < -0.3 is 4.74 Å². The maximum atomic E-state index is 5.67. The molecule has 1 heteroatoms. The lowest BCUT2D eigenvalue weighted by atomic mass is 9.78. The zero-order valence-corrected chi connectivity index (χ0v) is 19.4. The highest BCUT2D eigenvalue weighted by Crippen LogP contribution is 2.36. The molecule has 0 heterocycles. The maximum Gasteiger partial charge on any atom is 0.119 e. The molecule has 1 aliphatic rings. The van der Waals surface area contributed by atoms with E-state index in [1.54, 1.807) is 0 Å². The van der Waals surface area contributed by atoms with Crippen molar-refractivity contribution in [3.8, 4) is 28.7 Å². The second kappa shape index (κ2) is 11.1. The van der Waals surface area contributed by atoms with E-state index in [9.17, 15) is 0 Å². The van der Waals surface area contributed by atoms with Gasteiger partial charge in [0.2, 0.25) is 0 Å². The van der Waals surface area contributed by atoms with Crippen molar-refractivity contribution in [2.75, 3.05) is 6.61 Å². The van der Waals surface area contributed by atoms with Gasteiger partial charge in [0.15, 0.2) is 0 Å². The molecule has 0 aliphatic heterocycles. The monoisotopic (exact) mass is 422 g/mol. The third kappa shape index (κ3) is 5.83. The molecule has 1 fully saturated rings. The Balaban J connectivity index is 1.36. The fourth-order valence-corrected chi connectivity index (χ4v) is 4.60. The summed E-state index contributed by atoms with van der Waals surface area (Å²) < 4.78 is 5.67. The molecule has 0 bridgehead atoms. The van der Waals surface area contributed by atoms with Crippen LogP contribution in [0, 0.1) is 17.8 Å². The summed E-state index contributed by atoms with van der Waals surface area (Å²) in [5, 5.41) is 0. The van der Waals surface area contributed by atoms with Crippen molar-refractivity contribution in [3.63, 3.8) is 0 Å². The smallest absolute Gasteiger partial charge is 0.119 e. The van der Waals surface area contributed by atoms with E-state index in [4.69, 9.17) is 4.74 Å². The Morgan fingerprint density at radius 3 is 1.75 bits per heavy atom. The Morgan fingerprint density at radius 2 is 1.22 bits per heavy atom. The van der Waals surface area contributed by atoms with E-state index < -0.39 is 0 Å². The Bertz CT molecular complexity index is 1020. The summed E-state index contributed by atoms with van der Waals surface area (Å²) in [7, 11) is 0. The Kier molecular flexibility index (Phi) is 7.68. The summed E-state index contributed by atoms with van der Waals surface area (Å²) in [6.45, 7) is 5.20. The van der Waals surface area contributed by atoms with Gasteiger partial charge in [0.25, 0.3) is 0 Å². The summed E-state index contributed by atoms with van der Waals surface area (Å²) in [6.07, 6.45) is 7.80. The van der Waals surface area contributed by atoms with E-state index in [2.05, 4.69) is 86.4 Å². The van der Waals surface area contributed by atoms with Crippen LogP contribution in [0.5, 0.6) is 5.75 Å². The lowest BCUT2D eigenvalue weighted by Gasteiger charge is -2.28. The van der Waals surface area contributed by atoms with Crippen molar-refractivity contribution >= 4 is 0 Å². The second-order valence-corrected chi connectivity index (χ2v) is 8.95. The van der Waals surface area contributed by atoms with Crippen LogP contribution in [0.25, 0.3) is 11.1 Å². The topological polar surface area (TPSA) is 9.23 Å². The molecule has 1 aliphatic carbocycles. The number of hydrogen-bond acceptors (Lipinski definition) is 1. The molecule has 4 rings (SSSR count). The molecular weight excluding hydrogens is 388 g/mol. The highest BCUT2D eigenvalue weighted by molar-refractivity contribution is 5.65. The Morgan fingerprint density at radius 1 is 0.688 bits per heavy atom. The average Bonchev–Trinajstić information content (AvgIpc) is 2.87. The Labute approximate surface area is 193 Å². The van der Waals surface area contributed by atoms with Crippen molar-refractivity contribution in [2.45, 2.75) is 58.3 Å². The first-order valence-electron chi connectivity index (χ1n) is 12.2. The van der Waals surface area contributed by atoms with Crippen molar-refractivity contribution in [1.29, 1.82) is 0 Å². The number of rotatable bonds is 6. The fourth-order valence-electron chi connectivity index (χ4n) is 4.60. The van der Waals surface area contributed by atoms with Gasteiger partial charge >= 0.3 is 0 Å². The van der Waals surface area contributed by atoms with Crippen LogP contribution in [0.4, 0.5) is 0 Å². The van der Waals surface area contributed by atoms with E-state index in [-0.39, 0.29) is 0 Å². The molecule has 0 atom stereocenters. The predicted molar refractivity (Wildman–Crippen MR) is 135 cm³/mol. The average molecular weight is 423 g/mol. The zero-order valence-electron chi connectivity index (χ0n) is 19.4. The van der Waals surface area contributed by atoms with Crippen LogP contribution in [-0.2, 0) is 0 Å². The van der Waals surface area contributed by atoms with Gasteiger partial charge in [-0.3, -0.25) is 0 Å². The molecule has 32 heavy (non-hydrogen) atoms. The van der Waals surface area contributed by atoms with Gasteiger partial charge in [-0.2, -0.15) is 0 Å². The summed E-state index contributed by atoms with van der Waals surface area (Å²) in [5.41, 5.74) is 6.00. The number of hydrogen-bond donors (Lipinski definition) is 0. The Hall–Kier alpha value is -2.98. The minimum Gasteiger partial charge on any atom is -0.494 e. The molecule has 1 nitrogen and oxygen atoms in total. The van der Waals surface area contributed by atoms with E-state index in [1.807, 2.05) is 12.1 Å². The van der Waals surface area contributed by atoms with Crippen LogP contribution in [0.1, 0.15) is 75.0 Å². The molecule has 164 valence electrons. The third-order valence-electron chi connectivity index (χ3n) is 6.70. The lowest BCUT2D eigenvalue weighted by Crippen LogP contribution is -2.12. The van der Waals surface area contributed by atoms with Crippen LogP contribution in [0.3, 0.4) is 0 Å². The maximum absolute atomic E-state index is 5.67. The van der Waals surface area contributed by atoms with Gasteiger partial charge in [-0.05, 0) is 97.0 Å². The quantitative estimate of drug-likeness (QED) is 0.364. The van der Waals surface area contributed by atoms with Gasteiger partial charge in [-0.1, -0.05) is 68.5 Å². The minimum atomic E-state index is 0.736. The molecule has 0 aromatic heterocycles. The van der Waals surface area contributed by atoms with Crippen LogP contribution in [-0.4, -0.2) is 6.61 Å². The van der Waals surface area contributed by atoms with Crippen molar-refractivity contribution in [2.24, 2.45) is 5.92 Å². The van der Waals surface area contributed by atoms with Gasteiger partial charge in [-0.25, -0.2) is 0 Å². The van der Waals surface area contributed by atoms with Crippen molar-refractivity contribution in [1.82, 2.24) is 0 Å². The second-order valence-electron chi connectivity index (χ2n) is 8.95. The number of benzene rings is 3. The van der Waals surface area contributed by atoms with Crippen LogP contribution < -0.4 is 4.74 Å². The fraction of sp³-hybridized carbons (Fsp3) is 0.355. The molecule has 3 aromatic carbocycles. The van der Waals surface area contributed by atoms with Gasteiger partial charge in [-0.15, -0.1) is 0 Å². The predicted octanol–water partition coefficient (Wildman–Crippen LogP) is 8.23. The van der Waals surface area contributed by atoms with E-state index in [0.717, 1.165) is 41.7 Å². The molecule has 0 spiro atoms. The highest BCUT2D eigenvalue weighted by atomic mass is 16.5. The van der Waals surface area contributed by atoms with Gasteiger partial charge in [0.05, 0.1) is 6.61 Å². The number of ether oxygens (including phenoxy) is 1. The first kappa shape index (κ1) is 22.2. The SMILES string of the molecule is CCCOc1ccc(-c2ccc(C#Cc3ccc([C@H]4CC[C@H](CC)CC4)cc3)cc2)cc1. The molecule has 1 saturated carbocycles. The molecule has 0 N–H and O–H groups in total. The van der Waals surface area contributed by atoms with Crippen molar-refractivity contribution < 1.29 is 4.74 Å². The lowest BCUT2D eigenvalue weighted by molar-refractivity contribution is 0.317. The molecule has 3 aromatic rings. The summed E-state index contributed by atoms with van der Waals surface area (Å²) in [4.78, 5) is 0. The van der Waals surface area contributed by atoms with Crippen molar-refractivity contribution in [3.05, 3.63) is 89.5 Å². The molecule has 0 unspecified atom stereocenters. The minimum absolute atomic E-state index is 0.736. The van der Waals surface area contributed by atoms with Gasteiger partial charge in [0, 0.05) is 11.1 Å². The third-order valence-corrected chi connectivity index (χ3v) is 6.70. The van der Waals surface area contributed by atoms with Gasteiger partial charge in [0.1, 0.15) is 5.75 Å². The largest absolute Gasteiger partial charge is 0.494 e. The molecule has 0 saturated heterocycles. The van der Waals surface area contributed by atoms with Crippen LogP contribution in [0.15, 0.2) is 72.8 Å². The standard InChI is InChI=1S/C31H34O/c1-3-23-32-31-21-19-30(20-22-31)29-17-11-26(12-18-29)6-5-25-9-15-28(16-10-25)27-13-7-24(4-2)8-14-27/h9-12,15-22,24,27H,3-4,7-8,13-14,23H2,1-2H3/t24-,27-. The van der Waals surface area contributed by atoms with E-state index in [0.29, 0.717) is 0 Å². The zero-order chi connectivity index (χ0) is 22.2. The molecule has 0 amide bonds. The van der Waals surface area contributed by atoms with E-state index >= 15 is 0 Å².